The fourth-order valence-corrected chi connectivity index (χ4v) is 2.50. The highest BCUT2D eigenvalue weighted by Gasteiger charge is 2.31. The van der Waals surface area contributed by atoms with Crippen LogP contribution in [0.4, 0.5) is 18.9 Å². The van der Waals surface area contributed by atoms with Gasteiger partial charge >= 0.3 is 18.0 Å². The van der Waals surface area contributed by atoms with Crippen molar-refractivity contribution >= 4 is 17.5 Å². The number of piperidine rings is 1. The lowest BCUT2D eigenvalue weighted by molar-refractivity contribution is -0.146. The first-order valence-corrected chi connectivity index (χ1v) is 7.60. The van der Waals surface area contributed by atoms with Gasteiger partial charge in [-0.25, -0.2) is 0 Å². The Balaban J connectivity index is 1.93. The normalized spacial score (nSPS) is 21.5. The predicted molar refractivity (Wildman–Crippen MR) is 81.2 cm³/mol. The third-order valence-electron chi connectivity index (χ3n) is 4.02. The van der Waals surface area contributed by atoms with Crippen molar-refractivity contribution in [2.24, 2.45) is 5.92 Å². The molecule has 0 bridgehead atoms. The van der Waals surface area contributed by atoms with Crippen LogP contribution in [-0.2, 0) is 16.0 Å². The summed E-state index contributed by atoms with van der Waals surface area (Å²) in [5.41, 5.74) is 0.310. The molecule has 2 N–H and O–H groups in total. The maximum Gasteiger partial charge on any atom is 0.393 e. The molecule has 1 aromatic rings. The molecular formula is C16H19F3N2O3. The van der Waals surface area contributed by atoms with Crippen molar-refractivity contribution in [3.05, 3.63) is 29.8 Å². The van der Waals surface area contributed by atoms with E-state index in [0.29, 0.717) is 13.0 Å². The molecule has 2 rings (SSSR count). The predicted octanol–water partition coefficient (Wildman–Crippen LogP) is 1.96. The fourth-order valence-electron chi connectivity index (χ4n) is 2.50. The van der Waals surface area contributed by atoms with Crippen molar-refractivity contribution in [2.45, 2.75) is 32.0 Å². The molecule has 0 saturated carbocycles. The van der Waals surface area contributed by atoms with Gasteiger partial charge < -0.3 is 15.3 Å². The summed E-state index contributed by atoms with van der Waals surface area (Å²) in [5, 5.41) is 12.1. The van der Waals surface area contributed by atoms with Crippen LogP contribution in [0.2, 0.25) is 0 Å². The Kier molecular flexibility index (Phi) is 5.48. The summed E-state index contributed by atoms with van der Waals surface area (Å²) in [6.07, 6.45) is -5.42. The first-order valence-electron chi connectivity index (χ1n) is 7.60. The fraction of sp³-hybridized carbons (Fsp3) is 0.500. The molecule has 5 nitrogen and oxygen atoms in total. The Morgan fingerprint density at radius 1 is 1.29 bits per heavy atom. The largest absolute Gasteiger partial charge is 0.393 e. The molecule has 8 heteroatoms. The molecule has 0 radical (unpaired) electrons. The minimum atomic E-state index is -4.30. The number of nitrogens with one attached hydrogen (secondary N) is 1. The highest BCUT2D eigenvalue weighted by Crippen LogP contribution is 2.22. The van der Waals surface area contributed by atoms with Crippen LogP contribution in [0.15, 0.2) is 24.3 Å². The molecule has 2 amide bonds. The average molecular weight is 344 g/mol. The number of carbonyl (C=O) groups excluding carboxylic acids is 2. The number of anilines is 1. The van der Waals surface area contributed by atoms with Crippen LogP contribution < -0.4 is 5.32 Å². The number of aliphatic hydroxyl groups excluding tert-OH is 1. The summed E-state index contributed by atoms with van der Waals surface area (Å²) in [5.74, 6) is -1.57. The second-order valence-electron chi connectivity index (χ2n) is 6.03. The summed E-state index contributed by atoms with van der Waals surface area (Å²) >= 11 is 0. The van der Waals surface area contributed by atoms with E-state index in [1.54, 1.807) is 0 Å². The van der Waals surface area contributed by atoms with Crippen LogP contribution in [0.5, 0.6) is 0 Å². The zero-order chi connectivity index (χ0) is 17.9. The lowest BCUT2D eigenvalue weighted by Gasteiger charge is -2.33. The van der Waals surface area contributed by atoms with Crippen LogP contribution in [0.1, 0.15) is 18.9 Å². The summed E-state index contributed by atoms with van der Waals surface area (Å²) in [7, 11) is 0. The van der Waals surface area contributed by atoms with Crippen LogP contribution in [0.25, 0.3) is 0 Å². The maximum atomic E-state index is 12.3. The molecule has 1 aliphatic rings. The lowest BCUT2D eigenvalue weighted by atomic mass is 9.96. The summed E-state index contributed by atoms with van der Waals surface area (Å²) in [6, 6.07) is 5.14. The van der Waals surface area contributed by atoms with E-state index in [2.05, 4.69) is 5.32 Å². The van der Waals surface area contributed by atoms with Crippen molar-refractivity contribution in [3.63, 3.8) is 0 Å². The summed E-state index contributed by atoms with van der Waals surface area (Å²) < 4.78 is 36.8. The van der Waals surface area contributed by atoms with Gasteiger partial charge in [0.1, 0.15) is 0 Å². The van der Waals surface area contributed by atoms with Crippen molar-refractivity contribution in [1.82, 2.24) is 4.90 Å². The van der Waals surface area contributed by atoms with Crippen LogP contribution in [0, 0.1) is 5.92 Å². The lowest BCUT2D eigenvalue weighted by Crippen LogP contribution is -2.49. The zero-order valence-electron chi connectivity index (χ0n) is 13.1. The third-order valence-corrected chi connectivity index (χ3v) is 4.02. The van der Waals surface area contributed by atoms with Gasteiger partial charge in [0.25, 0.3) is 0 Å². The maximum absolute atomic E-state index is 12.3. The summed E-state index contributed by atoms with van der Waals surface area (Å²) in [6.45, 7) is 2.35. The van der Waals surface area contributed by atoms with Crippen LogP contribution >= 0.6 is 0 Å². The van der Waals surface area contributed by atoms with Gasteiger partial charge in [0.05, 0.1) is 12.5 Å². The minimum Gasteiger partial charge on any atom is -0.391 e. The van der Waals surface area contributed by atoms with Crippen LogP contribution in [-0.4, -0.2) is 47.2 Å². The Morgan fingerprint density at radius 3 is 2.46 bits per heavy atom. The molecule has 1 saturated heterocycles. The van der Waals surface area contributed by atoms with Crippen molar-refractivity contribution in [1.29, 1.82) is 0 Å². The number of hydrogen-bond acceptors (Lipinski definition) is 3. The number of halogens is 3. The van der Waals surface area contributed by atoms with Gasteiger partial charge in [-0.3, -0.25) is 9.59 Å². The number of benzene rings is 1. The number of carbonyl (C=O) groups is 2. The summed E-state index contributed by atoms with van der Waals surface area (Å²) in [4.78, 5) is 25.3. The van der Waals surface area contributed by atoms with Gasteiger partial charge in [-0.2, -0.15) is 13.2 Å². The molecule has 1 aliphatic heterocycles. The van der Waals surface area contributed by atoms with Gasteiger partial charge in [0.2, 0.25) is 0 Å². The second-order valence-corrected chi connectivity index (χ2v) is 6.03. The first kappa shape index (κ1) is 18.3. The van der Waals surface area contributed by atoms with E-state index < -0.39 is 30.5 Å². The van der Waals surface area contributed by atoms with Crippen LogP contribution in [0.3, 0.4) is 0 Å². The molecule has 0 aromatic heterocycles. The van der Waals surface area contributed by atoms with Gasteiger partial charge in [0, 0.05) is 18.8 Å². The first-order chi connectivity index (χ1) is 11.2. The van der Waals surface area contributed by atoms with E-state index in [4.69, 9.17) is 0 Å². The molecule has 0 spiro atoms. The number of hydrogen-bond donors (Lipinski definition) is 2. The SMILES string of the molecule is CC1CCN(C(=O)C(=O)Nc2ccc(CC(F)(F)F)cc2)CC1O. The molecule has 1 aromatic carbocycles. The topological polar surface area (TPSA) is 69.6 Å². The van der Waals surface area contributed by atoms with Gasteiger partial charge in [0.15, 0.2) is 0 Å². The zero-order valence-corrected chi connectivity index (χ0v) is 13.1. The Morgan fingerprint density at radius 2 is 1.92 bits per heavy atom. The van der Waals surface area contributed by atoms with E-state index in [-0.39, 0.29) is 23.7 Å². The molecule has 1 fully saturated rings. The van der Waals surface area contributed by atoms with E-state index in [0.717, 1.165) is 0 Å². The second kappa shape index (κ2) is 7.21. The Labute approximate surface area is 137 Å². The van der Waals surface area contributed by atoms with Crippen molar-refractivity contribution < 1.29 is 27.9 Å². The Bertz CT molecular complexity index is 602. The van der Waals surface area contributed by atoms with Gasteiger partial charge in [-0.05, 0) is 30.0 Å². The van der Waals surface area contributed by atoms with Gasteiger partial charge in [-0.15, -0.1) is 0 Å². The molecule has 132 valence electrons. The number of likely N-dealkylation sites (tertiary alicyclic amines) is 1. The molecule has 0 aliphatic carbocycles. The molecular weight excluding hydrogens is 325 g/mol. The molecule has 24 heavy (non-hydrogen) atoms. The van der Waals surface area contributed by atoms with Gasteiger partial charge in [-0.1, -0.05) is 19.1 Å². The van der Waals surface area contributed by atoms with E-state index in [9.17, 15) is 27.9 Å². The minimum absolute atomic E-state index is 0.0679. The highest BCUT2D eigenvalue weighted by molar-refractivity contribution is 6.39. The number of alkyl halides is 3. The van der Waals surface area contributed by atoms with Crippen molar-refractivity contribution in [2.75, 3.05) is 18.4 Å². The standard InChI is InChI=1S/C16H19F3N2O3/c1-10-6-7-21(9-13(10)22)15(24)14(23)20-12-4-2-11(3-5-12)8-16(17,18)19/h2-5,10,13,22H,6-9H2,1H3,(H,20,23). The van der Waals surface area contributed by atoms with E-state index in [1.807, 2.05) is 6.92 Å². The Hall–Kier alpha value is -2.09. The molecule has 2 atom stereocenters. The van der Waals surface area contributed by atoms with Crippen molar-refractivity contribution in [3.8, 4) is 0 Å². The quantitative estimate of drug-likeness (QED) is 0.806. The van der Waals surface area contributed by atoms with E-state index in [1.165, 1.54) is 29.2 Å². The van der Waals surface area contributed by atoms with E-state index >= 15 is 0 Å². The highest BCUT2D eigenvalue weighted by atomic mass is 19.4. The molecule has 1 heterocycles. The number of rotatable bonds is 2. The number of β-amino-alcohol motifs (C(OH)–C–C–N with tert-alkyl or cyclic N) is 1. The number of amides is 2. The smallest absolute Gasteiger partial charge is 0.391 e. The number of aliphatic hydroxyl groups is 1. The molecule has 2 unspecified atom stereocenters. The third kappa shape index (κ3) is 4.95. The monoisotopic (exact) mass is 344 g/mol. The number of nitrogens with zero attached hydrogens (tertiary/aromatic N) is 1. The average Bonchev–Trinajstić information content (AvgIpc) is 2.50.